The first-order valence-electron chi connectivity index (χ1n) is 8.25. The van der Waals surface area contributed by atoms with E-state index in [-0.39, 0.29) is 5.91 Å². The number of piperidine rings is 1. The Bertz CT molecular complexity index is 872. The number of likely N-dealkylation sites (tertiary alicyclic amines) is 1. The Morgan fingerprint density at radius 1 is 1.33 bits per heavy atom. The van der Waals surface area contributed by atoms with Crippen molar-refractivity contribution >= 4 is 16.8 Å². The lowest BCUT2D eigenvalue weighted by molar-refractivity contribution is 0.100. The molecule has 0 radical (unpaired) electrons. The molecular formula is C18H21N5O. The molecule has 1 fully saturated rings. The SMILES string of the molecule is CN1CCC(c2cn(-c3cnc[nH]3)c3ccc(C(N)=O)cc23)CC1. The van der Waals surface area contributed by atoms with Gasteiger partial charge < -0.3 is 20.2 Å². The number of hydrogen-bond donors (Lipinski definition) is 2. The van der Waals surface area contributed by atoms with Crippen LogP contribution >= 0.6 is 0 Å². The first kappa shape index (κ1) is 15.0. The van der Waals surface area contributed by atoms with Gasteiger partial charge in [-0.15, -0.1) is 0 Å². The fourth-order valence-electron chi connectivity index (χ4n) is 3.63. The van der Waals surface area contributed by atoms with Gasteiger partial charge in [-0.1, -0.05) is 0 Å². The van der Waals surface area contributed by atoms with Gasteiger partial charge in [-0.2, -0.15) is 0 Å². The van der Waals surface area contributed by atoms with Crippen molar-refractivity contribution in [1.29, 1.82) is 0 Å². The number of nitrogens with two attached hydrogens (primary N) is 1. The minimum Gasteiger partial charge on any atom is -0.366 e. The standard InChI is InChI=1S/C18H21N5O/c1-22-6-4-12(5-7-22)15-10-23(17-9-20-11-21-17)16-3-2-13(18(19)24)8-14(15)16/h2-3,8-12H,4-7H2,1H3,(H2,19,24)(H,20,21). The van der Waals surface area contributed by atoms with Crippen molar-refractivity contribution in [3.05, 3.63) is 48.0 Å². The number of aromatic nitrogens is 3. The summed E-state index contributed by atoms with van der Waals surface area (Å²) in [7, 11) is 2.16. The molecule has 0 bridgehead atoms. The molecule has 0 unspecified atom stereocenters. The number of hydrogen-bond acceptors (Lipinski definition) is 3. The number of nitrogens with one attached hydrogen (secondary N) is 1. The van der Waals surface area contributed by atoms with E-state index in [4.69, 9.17) is 5.73 Å². The molecule has 3 N–H and O–H groups in total. The number of amides is 1. The topological polar surface area (TPSA) is 79.9 Å². The Hall–Kier alpha value is -2.60. The number of imidazole rings is 1. The third kappa shape index (κ3) is 2.49. The summed E-state index contributed by atoms with van der Waals surface area (Å²) < 4.78 is 2.11. The predicted molar refractivity (Wildman–Crippen MR) is 93.4 cm³/mol. The highest BCUT2D eigenvalue weighted by atomic mass is 16.1. The molecule has 0 atom stereocenters. The normalized spacial score (nSPS) is 16.7. The average Bonchev–Trinajstić information content (AvgIpc) is 3.22. The summed E-state index contributed by atoms with van der Waals surface area (Å²) >= 11 is 0. The van der Waals surface area contributed by atoms with Crippen molar-refractivity contribution in [2.24, 2.45) is 5.73 Å². The van der Waals surface area contributed by atoms with Gasteiger partial charge in [0.05, 0.1) is 18.0 Å². The lowest BCUT2D eigenvalue weighted by Gasteiger charge is -2.28. The van der Waals surface area contributed by atoms with Crippen LogP contribution in [0.4, 0.5) is 0 Å². The van der Waals surface area contributed by atoms with E-state index in [2.05, 4.69) is 32.7 Å². The Kier molecular flexibility index (Phi) is 3.61. The van der Waals surface area contributed by atoms with Crippen LogP contribution < -0.4 is 5.73 Å². The Morgan fingerprint density at radius 2 is 2.12 bits per heavy atom. The van der Waals surface area contributed by atoms with Gasteiger partial charge in [0, 0.05) is 17.1 Å². The molecule has 1 amide bonds. The van der Waals surface area contributed by atoms with Crippen molar-refractivity contribution in [2.75, 3.05) is 20.1 Å². The summed E-state index contributed by atoms with van der Waals surface area (Å²) in [5.41, 5.74) is 8.39. The molecule has 3 heterocycles. The number of nitrogens with zero attached hydrogens (tertiary/aromatic N) is 3. The van der Waals surface area contributed by atoms with E-state index in [1.54, 1.807) is 18.6 Å². The molecule has 0 aliphatic carbocycles. The molecule has 1 aliphatic rings. The van der Waals surface area contributed by atoms with E-state index in [9.17, 15) is 4.79 Å². The zero-order chi connectivity index (χ0) is 16.7. The van der Waals surface area contributed by atoms with Gasteiger partial charge in [-0.05, 0) is 62.7 Å². The number of benzene rings is 1. The van der Waals surface area contributed by atoms with E-state index < -0.39 is 0 Å². The molecule has 4 rings (SSSR count). The van der Waals surface area contributed by atoms with Gasteiger partial charge in [0.25, 0.3) is 0 Å². The van der Waals surface area contributed by atoms with Crippen molar-refractivity contribution in [3.8, 4) is 5.82 Å². The molecule has 1 saturated heterocycles. The number of carbonyl (C=O) groups excluding carboxylic acids is 1. The van der Waals surface area contributed by atoms with Gasteiger partial charge in [0.15, 0.2) is 0 Å². The summed E-state index contributed by atoms with van der Waals surface area (Å²) in [6.07, 6.45) is 7.91. The Balaban J connectivity index is 1.87. The van der Waals surface area contributed by atoms with Crippen LogP contribution in [0.1, 0.15) is 34.7 Å². The minimum absolute atomic E-state index is 0.388. The van der Waals surface area contributed by atoms with Gasteiger partial charge in [0.2, 0.25) is 5.91 Å². The number of aromatic amines is 1. The van der Waals surface area contributed by atoms with Crippen molar-refractivity contribution < 1.29 is 4.79 Å². The van der Waals surface area contributed by atoms with Gasteiger partial charge in [-0.25, -0.2) is 4.98 Å². The number of primary amides is 1. The number of carbonyl (C=O) groups is 1. The predicted octanol–water partition coefficient (Wildman–Crippen LogP) is 2.26. The van der Waals surface area contributed by atoms with Crippen LogP contribution in [0.15, 0.2) is 36.9 Å². The second-order valence-corrected chi connectivity index (χ2v) is 6.57. The second kappa shape index (κ2) is 5.79. The van der Waals surface area contributed by atoms with Crippen LogP contribution in [0.25, 0.3) is 16.7 Å². The van der Waals surface area contributed by atoms with Crippen molar-refractivity contribution in [1.82, 2.24) is 19.4 Å². The summed E-state index contributed by atoms with van der Waals surface area (Å²) in [4.78, 5) is 21.2. The maximum absolute atomic E-state index is 11.6. The van der Waals surface area contributed by atoms with Gasteiger partial charge >= 0.3 is 0 Å². The monoisotopic (exact) mass is 323 g/mol. The quantitative estimate of drug-likeness (QED) is 0.776. The largest absolute Gasteiger partial charge is 0.366 e. The molecular weight excluding hydrogens is 302 g/mol. The van der Waals surface area contributed by atoms with Crippen LogP contribution in [-0.4, -0.2) is 45.5 Å². The van der Waals surface area contributed by atoms with E-state index in [0.717, 1.165) is 42.7 Å². The zero-order valence-corrected chi connectivity index (χ0v) is 13.7. The Labute approximate surface area is 140 Å². The third-order valence-electron chi connectivity index (χ3n) is 5.02. The third-order valence-corrected chi connectivity index (χ3v) is 5.02. The lowest BCUT2D eigenvalue weighted by atomic mass is 9.89. The highest BCUT2D eigenvalue weighted by Crippen LogP contribution is 2.35. The van der Waals surface area contributed by atoms with Crippen molar-refractivity contribution in [2.45, 2.75) is 18.8 Å². The zero-order valence-electron chi connectivity index (χ0n) is 13.7. The molecule has 2 aromatic heterocycles. The Morgan fingerprint density at radius 3 is 2.79 bits per heavy atom. The first-order chi connectivity index (χ1) is 11.6. The number of H-pyrrole nitrogens is 1. The fourth-order valence-corrected chi connectivity index (χ4v) is 3.63. The summed E-state index contributed by atoms with van der Waals surface area (Å²) in [6.45, 7) is 2.19. The summed E-state index contributed by atoms with van der Waals surface area (Å²) in [6, 6.07) is 5.68. The summed E-state index contributed by atoms with van der Waals surface area (Å²) in [5.74, 6) is 1.03. The van der Waals surface area contributed by atoms with E-state index in [1.807, 2.05) is 12.1 Å². The highest BCUT2D eigenvalue weighted by molar-refractivity contribution is 5.98. The van der Waals surface area contributed by atoms with Crippen LogP contribution in [0.3, 0.4) is 0 Å². The highest BCUT2D eigenvalue weighted by Gasteiger charge is 2.23. The number of rotatable bonds is 3. The van der Waals surface area contributed by atoms with Crippen LogP contribution in [0.5, 0.6) is 0 Å². The van der Waals surface area contributed by atoms with Gasteiger partial charge in [-0.3, -0.25) is 4.79 Å². The molecule has 1 aliphatic heterocycles. The first-order valence-corrected chi connectivity index (χ1v) is 8.25. The van der Waals surface area contributed by atoms with E-state index >= 15 is 0 Å². The molecule has 0 saturated carbocycles. The molecule has 24 heavy (non-hydrogen) atoms. The van der Waals surface area contributed by atoms with Crippen molar-refractivity contribution in [3.63, 3.8) is 0 Å². The maximum atomic E-state index is 11.6. The van der Waals surface area contributed by atoms with Crippen LogP contribution in [0, 0.1) is 0 Å². The molecule has 124 valence electrons. The van der Waals surface area contributed by atoms with Gasteiger partial charge in [0.1, 0.15) is 5.82 Å². The second-order valence-electron chi connectivity index (χ2n) is 6.57. The molecule has 1 aromatic carbocycles. The number of fused-ring (bicyclic) bond motifs is 1. The summed E-state index contributed by atoms with van der Waals surface area (Å²) in [5, 5.41) is 1.11. The van der Waals surface area contributed by atoms with Crippen LogP contribution in [-0.2, 0) is 0 Å². The smallest absolute Gasteiger partial charge is 0.248 e. The van der Waals surface area contributed by atoms with E-state index in [0.29, 0.717) is 11.5 Å². The molecule has 3 aromatic rings. The average molecular weight is 323 g/mol. The lowest BCUT2D eigenvalue weighted by Crippen LogP contribution is -2.29. The van der Waals surface area contributed by atoms with Crippen LogP contribution in [0.2, 0.25) is 0 Å². The molecule has 0 spiro atoms. The maximum Gasteiger partial charge on any atom is 0.248 e. The molecule has 6 nitrogen and oxygen atoms in total. The minimum atomic E-state index is -0.388. The fraction of sp³-hybridized carbons (Fsp3) is 0.333. The molecule has 6 heteroatoms. The van der Waals surface area contributed by atoms with E-state index in [1.165, 1.54) is 5.56 Å².